The summed E-state index contributed by atoms with van der Waals surface area (Å²) in [6.07, 6.45) is 19.7. The summed E-state index contributed by atoms with van der Waals surface area (Å²) in [5, 5.41) is 24.4. The lowest BCUT2D eigenvalue weighted by Gasteiger charge is -2.36. The van der Waals surface area contributed by atoms with Crippen LogP contribution in [0.15, 0.2) is 53.7 Å². The Balaban J connectivity index is 1.73. The van der Waals surface area contributed by atoms with Gasteiger partial charge in [-0.3, -0.25) is 0 Å². The van der Waals surface area contributed by atoms with E-state index in [1.807, 2.05) is 20.1 Å². The fourth-order valence-electron chi connectivity index (χ4n) is 7.24. The van der Waals surface area contributed by atoms with E-state index in [0.29, 0.717) is 30.1 Å². The fourth-order valence-corrected chi connectivity index (χ4v) is 7.24. The zero-order valence-electron chi connectivity index (χ0n) is 30.5. The van der Waals surface area contributed by atoms with Gasteiger partial charge in [-0.15, -0.1) is 0 Å². The molecule has 0 amide bonds. The van der Waals surface area contributed by atoms with Gasteiger partial charge < -0.3 is 19.7 Å². The Morgan fingerprint density at radius 2 is 1.85 bits per heavy atom. The molecule has 2 N–H and O–H groups in total. The van der Waals surface area contributed by atoms with Gasteiger partial charge in [0.15, 0.2) is 0 Å². The Labute approximate surface area is 282 Å². The second-order valence-electron chi connectivity index (χ2n) is 15.4. The summed E-state index contributed by atoms with van der Waals surface area (Å²) in [7, 11) is 0. The first-order valence-electron chi connectivity index (χ1n) is 18.5. The zero-order chi connectivity index (χ0) is 34.3. The van der Waals surface area contributed by atoms with E-state index in [1.165, 1.54) is 0 Å². The molecule has 10 atom stereocenters. The molecule has 0 unspecified atom stereocenters. The lowest BCUT2D eigenvalue weighted by molar-refractivity contribution is -0.122. The average Bonchev–Trinajstić information content (AvgIpc) is 3.27. The number of aliphatic hydroxyl groups is 2. The van der Waals surface area contributed by atoms with Crippen LogP contribution in [0.3, 0.4) is 0 Å². The van der Waals surface area contributed by atoms with Crippen molar-refractivity contribution in [2.75, 3.05) is 6.61 Å². The first kappa shape index (κ1) is 40.3. The van der Waals surface area contributed by atoms with Crippen molar-refractivity contribution in [3.8, 4) is 0 Å². The third-order valence-electron chi connectivity index (χ3n) is 11.2. The highest BCUT2D eigenvalue weighted by Gasteiger charge is 2.34. The Hall–Kier alpha value is -1.92. The summed E-state index contributed by atoms with van der Waals surface area (Å²) < 4.78 is 11.9. The molecule has 2 aliphatic rings. The van der Waals surface area contributed by atoms with E-state index in [-0.39, 0.29) is 35.8 Å². The summed E-state index contributed by atoms with van der Waals surface area (Å²) in [6.45, 7) is 24.2. The van der Waals surface area contributed by atoms with Crippen LogP contribution >= 0.6 is 0 Å². The maximum absolute atomic E-state index is 11.9. The largest absolute Gasteiger partial charge is 0.513 e. The lowest BCUT2D eigenvalue weighted by Crippen LogP contribution is -2.43. The van der Waals surface area contributed by atoms with E-state index < -0.39 is 5.60 Å². The molecule has 1 saturated heterocycles. The van der Waals surface area contributed by atoms with Crippen LogP contribution in [0, 0.1) is 40.4 Å². The van der Waals surface area contributed by atoms with Crippen molar-refractivity contribution >= 4 is 0 Å². The SMILES string of the molecule is C=C(CC[C@@H](C)C[C@@H](C)[C@H](C)/C=C\C[C@@H](C)CC[C@](C)(O)[C@H]1CCCCO1)[C@@H](C)[C@H](CC1=CO[C@@H]([C@@H](CC)C(=C)O)CCC1)N=O. The lowest BCUT2D eigenvalue weighted by atomic mass is 9.82. The maximum Gasteiger partial charge on any atom is 0.108 e. The third-order valence-corrected chi connectivity index (χ3v) is 11.2. The molecule has 0 aromatic heterocycles. The van der Waals surface area contributed by atoms with E-state index in [4.69, 9.17) is 9.47 Å². The van der Waals surface area contributed by atoms with Crippen LogP contribution in [0.4, 0.5) is 0 Å². The van der Waals surface area contributed by atoms with Crippen LogP contribution < -0.4 is 0 Å². The monoisotopic (exact) mass is 644 g/mol. The molecule has 0 saturated carbocycles. The van der Waals surface area contributed by atoms with Crippen molar-refractivity contribution in [3.05, 3.63) is 53.4 Å². The quantitative estimate of drug-likeness (QED) is 0.0738. The summed E-state index contributed by atoms with van der Waals surface area (Å²) >= 11 is 0. The summed E-state index contributed by atoms with van der Waals surface area (Å²) in [4.78, 5) is 11.9. The number of nitroso groups, excluding NO2 is 1. The number of nitrogens with zero attached hydrogens (tertiary/aromatic N) is 1. The molecule has 0 aromatic rings. The van der Waals surface area contributed by atoms with Crippen molar-refractivity contribution in [3.63, 3.8) is 0 Å². The number of hydrogen-bond acceptors (Lipinski definition) is 6. The molecule has 0 aliphatic carbocycles. The minimum atomic E-state index is -0.730. The number of allylic oxidation sites excluding steroid dienone is 2. The van der Waals surface area contributed by atoms with E-state index in [2.05, 4.69) is 65.1 Å². The van der Waals surface area contributed by atoms with Crippen LogP contribution in [0.5, 0.6) is 0 Å². The highest BCUT2D eigenvalue weighted by molar-refractivity contribution is 5.10. The summed E-state index contributed by atoms with van der Waals surface area (Å²) in [5.74, 6) is 2.34. The summed E-state index contributed by atoms with van der Waals surface area (Å²) in [5.41, 5.74) is 1.49. The number of rotatable bonds is 21. The van der Waals surface area contributed by atoms with Gasteiger partial charge in [0, 0.05) is 12.5 Å². The molecule has 46 heavy (non-hydrogen) atoms. The van der Waals surface area contributed by atoms with Gasteiger partial charge >= 0.3 is 0 Å². The first-order valence-corrected chi connectivity index (χ1v) is 18.5. The minimum Gasteiger partial charge on any atom is -0.513 e. The van der Waals surface area contributed by atoms with E-state index in [1.54, 1.807) is 0 Å². The van der Waals surface area contributed by atoms with Gasteiger partial charge in [0.2, 0.25) is 0 Å². The van der Waals surface area contributed by atoms with Gasteiger partial charge in [0.05, 0.1) is 29.6 Å². The van der Waals surface area contributed by atoms with E-state index in [9.17, 15) is 15.1 Å². The second-order valence-corrected chi connectivity index (χ2v) is 15.4. The predicted molar refractivity (Wildman–Crippen MR) is 193 cm³/mol. The molecule has 2 rings (SSSR count). The smallest absolute Gasteiger partial charge is 0.108 e. The Kier molecular flexibility index (Phi) is 17.9. The fraction of sp³-hybridized carbons (Fsp3) is 0.800. The van der Waals surface area contributed by atoms with Crippen molar-refractivity contribution in [2.45, 2.75) is 162 Å². The molecule has 6 nitrogen and oxygen atoms in total. The summed E-state index contributed by atoms with van der Waals surface area (Å²) in [6, 6.07) is -0.345. The maximum atomic E-state index is 11.9. The van der Waals surface area contributed by atoms with Crippen LogP contribution in [0.1, 0.15) is 138 Å². The van der Waals surface area contributed by atoms with Crippen molar-refractivity contribution in [2.24, 2.45) is 40.7 Å². The molecule has 0 spiro atoms. The van der Waals surface area contributed by atoms with E-state index in [0.717, 1.165) is 101 Å². The molecular weight excluding hydrogens is 574 g/mol. The van der Waals surface area contributed by atoms with Gasteiger partial charge in [0.25, 0.3) is 0 Å². The van der Waals surface area contributed by atoms with Crippen molar-refractivity contribution in [1.82, 2.24) is 0 Å². The van der Waals surface area contributed by atoms with Gasteiger partial charge in [-0.1, -0.05) is 77.6 Å². The Morgan fingerprint density at radius 1 is 1.11 bits per heavy atom. The van der Waals surface area contributed by atoms with Crippen molar-refractivity contribution < 1.29 is 19.7 Å². The van der Waals surface area contributed by atoms with Gasteiger partial charge in [0.1, 0.15) is 12.1 Å². The zero-order valence-corrected chi connectivity index (χ0v) is 30.5. The van der Waals surface area contributed by atoms with Crippen LogP contribution in [-0.2, 0) is 9.47 Å². The molecule has 2 aliphatic heterocycles. The molecule has 264 valence electrons. The van der Waals surface area contributed by atoms with Gasteiger partial charge in [-0.25, -0.2) is 0 Å². The first-order chi connectivity index (χ1) is 21.8. The second kappa shape index (κ2) is 20.4. The van der Waals surface area contributed by atoms with E-state index >= 15 is 0 Å². The highest BCUT2D eigenvalue weighted by Crippen LogP contribution is 2.33. The molecule has 0 radical (unpaired) electrons. The minimum absolute atomic E-state index is 0.0170. The van der Waals surface area contributed by atoms with Crippen molar-refractivity contribution in [1.29, 1.82) is 0 Å². The number of aliphatic hydroxyl groups excluding tert-OH is 1. The predicted octanol–water partition coefficient (Wildman–Crippen LogP) is 11.0. The topological polar surface area (TPSA) is 88.3 Å². The van der Waals surface area contributed by atoms with Crippen LogP contribution in [0.25, 0.3) is 0 Å². The Morgan fingerprint density at radius 3 is 2.48 bits per heavy atom. The van der Waals surface area contributed by atoms with Crippen LogP contribution in [-0.4, -0.2) is 40.7 Å². The molecule has 1 fully saturated rings. The van der Waals surface area contributed by atoms with Gasteiger partial charge in [-0.05, 0) is 126 Å². The molecule has 2 heterocycles. The molecular formula is C40H69NO5. The molecule has 0 aromatic carbocycles. The normalized spacial score (nSPS) is 25.1. The highest BCUT2D eigenvalue weighted by atomic mass is 16.5. The number of ether oxygens (including phenoxy) is 2. The third kappa shape index (κ3) is 13.7. The Bertz CT molecular complexity index is 980. The van der Waals surface area contributed by atoms with Crippen LogP contribution in [0.2, 0.25) is 0 Å². The number of hydrogen-bond donors (Lipinski definition) is 2. The van der Waals surface area contributed by atoms with Gasteiger partial charge in [-0.2, -0.15) is 4.91 Å². The standard InChI is InChI=1S/C40H69NO5/c1-10-36(34(8)42)38-18-14-17-35(27-46-38)26-37(41-44)33(7)31(5)21-20-29(3)25-32(6)30(4)16-13-15-28(2)22-23-40(9,43)39-19-11-12-24-45-39/h13,16,27-30,32-33,36-39,42-43H,5,8,10-12,14-15,17-26H2,1-4,6-7,9H3/b16-13-/t28-,29-,30-,32-,33-,36+,37+,38-,39-,40+/m1/s1. The average molecular weight is 644 g/mol. The molecule has 6 heteroatoms. The molecule has 0 bridgehead atoms.